The average Bonchev–Trinajstić information content (AvgIpc) is 3.16. The van der Waals surface area contributed by atoms with Crippen LogP contribution >= 0.6 is 0 Å². The van der Waals surface area contributed by atoms with Crippen LogP contribution in [0.2, 0.25) is 0 Å². The van der Waals surface area contributed by atoms with Crippen molar-refractivity contribution in [3.05, 3.63) is 35.9 Å². The van der Waals surface area contributed by atoms with Gasteiger partial charge in [-0.1, -0.05) is 44.9 Å². The third-order valence-electron chi connectivity index (χ3n) is 7.47. The van der Waals surface area contributed by atoms with Crippen LogP contribution in [0.4, 0.5) is 0 Å². The van der Waals surface area contributed by atoms with E-state index >= 15 is 0 Å². The Kier molecular flexibility index (Phi) is 6.11. The normalized spacial score (nSPS) is 29.9. The second-order valence-electron chi connectivity index (χ2n) is 9.27. The molecule has 0 aromatic heterocycles. The van der Waals surface area contributed by atoms with Crippen molar-refractivity contribution in [1.29, 1.82) is 0 Å². The molecule has 6 nitrogen and oxygen atoms in total. The molecule has 6 heteroatoms. The van der Waals surface area contributed by atoms with Gasteiger partial charge in [-0.2, -0.15) is 0 Å². The summed E-state index contributed by atoms with van der Waals surface area (Å²) in [6.07, 6.45) is 3.78. The van der Waals surface area contributed by atoms with Gasteiger partial charge in [0.25, 0.3) is 5.91 Å². The molecule has 1 aromatic carbocycles. The molecular formula is C24H33N3O3. The second kappa shape index (κ2) is 8.78. The Hall–Kier alpha value is -2.37. The molecule has 0 spiro atoms. The highest BCUT2D eigenvalue weighted by Gasteiger charge is 2.43. The molecule has 4 atom stereocenters. The van der Waals surface area contributed by atoms with Crippen LogP contribution in [0.3, 0.4) is 0 Å². The number of carbonyl (C=O) groups is 3. The lowest BCUT2D eigenvalue weighted by molar-refractivity contribution is -0.137. The van der Waals surface area contributed by atoms with Crippen LogP contribution in [-0.4, -0.2) is 71.2 Å². The zero-order valence-corrected chi connectivity index (χ0v) is 18.1. The monoisotopic (exact) mass is 411 g/mol. The summed E-state index contributed by atoms with van der Waals surface area (Å²) in [5.41, 5.74) is 0.685. The predicted octanol–water partition coefficient (Wildman–Crippen LogP) is 2.64. The van der Waals surface area contributed by atoms with Gasteiger partial charge in [-0.15, -0.1) is 0 Å². The van der Waals surface area contributed by atoms with Crippen LogP contribution in [0.15, 0.2) is 30.3 Å². The van der Waals surface area contributed by atoms with Crippen molar-refractivity contribution in [2.45, 2.75) is 45.6 Å². The number of carbonyl (C=O) groups excluding carboxylic acids is 3. The topological polar surface area (TPSA) is 60.9 Å². The van der Waals surface area contributed by atoms with E-state index in [1.807, 2.05) is 45.0 Å². The molecule has 0 bridgehead atoms. The molecule has 1 aliphatic carbocycles. The molecule has 2 saturated heterocycles. The minimum atomic E-state index is -0.238. The van der Waals surface area contributed by atoms with Crippen LogP contribution in [0, 0.1) is 17.8 Å². The summed E-state index contributed by atoms with van der Waals surface area (Å²) in [6, 6.07) is 9.55. The first-order chi connectivity index (χ1) is 14.5. The molecule has 162 valence electrons. The van der Waals surface area contributed by atoms with Gasteiger partial charge in [0.2, 0.25) is 11.8 Å². The van der Waals surface area contributed by atoms with E-state index in [1.54, 1.807) is 0 Å². The number of benzene rings is 1. The summed E-state index contributed by atoms with van der Waals surface area (Å²) in [6.45, 7) is 7.25. The quantitative estimate of drug-likeness (QED) is 0.768. The average molecular weight is 412 g/mol. The molecule has 30 heavy (non-hydrogen) atoms. The fourth-order valence-corrected chi connectivity index (χ4v) is 5.36. The summed E-state index contributed by atoms with van der Waals surface area (Å²) in [5.74, 6) is 1.11. The van der Waals surface area contributed by atoms with Crippen LogP contribution in [0.25, 0.3) is 0 Å². The zero-order chi connectivity index (χ0) is 21.3. The van der Waals surface area contributed by atoms with Gasteiger partial charge >= 0.3 is 0 Å². The van der Waals surface area contributed by atoms with E-state index < -0.39 is 0 Å². The maximum absolute atomic E-state index is 13.1. The highest BCUT2D eigenvalue weighted by Crippen LogP contribution is 2.36. The van der Waals surface area contributed by atoms with E-state index in [0.29, 0.717) is 56.5 Å². The molecule has 0 N–H and O–H groups in total. The van der Waals surface area contributed by atoms with Crippen molar-refractivity contribution in [2.24, 2.45) is 17.8 Å². The van der Waals surface area contributed by atoms with E-state index in [0.717, 1.165) is 12.8 Å². The number of hydrogen-bond donors (Lipinski definition) is 0. The Balaban J connectivity index is 1.32. The fraction of sp³-hybridized carbons (Fsp3) is 0.625. The van der Waals surface area contributed by atoms with Crippen LogP contribution < -0.4 is 0 Å². The molecule has 2 aliphatic heterocycles. The molecule has 4 rings (SSSR count). The SMILES string of the molecule is CC1CCCC(N2CC(C(=O)N3CCN(C(=O)c4ccccc4)CC3)CC2=O)C1C. The van der Waals surface area contributed by atoms with E-state index in [1.165, 1.54) is 6.42 Å². The standard InChI is InChI=1S/C24H33N3O3/c1-17-7-6-10-21(18(17)2)27-16-20(15-22(27)28)24(30)26-13-11-25(12-14-26)23(29)19-8-4-3-5-9-19/h3-5,8-9,17-18,20-21H,6-7,10-16H2,1-2H3. The Morgan fingerprint density at radius 2 is 1.60 bits per heavy atom. The van der Waals surface area contributed by atoms with Gasteiger partial charge in [-0.3, -0.25) is 14.4 Å². The summed E-state index contributed by atoms with van der Waals surface area (Å²) >= 11 is 0. The van der Waals surface area contributed by atoms with Gasteiger partial charge in [0.15, 0.2) is 0 Å². The number of likely N-dealkylation sites (tertiary alicyclic amines) is 1. The highest BCUT2D eigenvalue weighted by atomic mass is 16.2. The Labute approximate surface area is 179 Å². The zero-order valence-electron chi connectivity index (χ0n) is 18.1. The largest absolute Gasteiger partial charge is 0.339 e. The third-order valence-corrected chi connectivity index (χ3v) is 7.47. The molecular weight excluding hydrogens is 378 g/mol. The summed E-state index contributed by atoms with van der Waals surface area (Å²) in [5, 5.41) is 0. The van der Waals surface area contributed by atoms with Crippen molar-refractivity contribution in [3.8, 4) is 0 Å². The van der Waals surface area contributed by atoms with E-state index in [2.05, 4.69) is 13.8 Å². The van der Waals surface area contributed by atoms with Crippen LogP contribution in [0.5, 0.6) is 0 Å². The highest BCUT2D eigenvalue weighted by molar-refractivity contribution is 5.94. The van der Waals surface area contributed by atoms with Gasteiger partial charge < -0.3 is 14.7 Å². The minimum Gasteiger partial charge on any atom is -0.339 e. The summed E-state index contributed by atoms with van der Waals surface area (Å²) in [4.78, 5) is 44.1. The first kappa shape index (κ1) is 20.9. The van der Waals surface area contributed by atoms with Gasteiger partial charge in [-0.25, -0.2) is 0 Å². The lowest BCUT2D eigenvalue weighted by atomic mass is 9.77. The number of amides is 3. The van der Waals surface area contributed by atoms with Gasteiger partial charge in [0.05, 0.1) is 5.92 Å². The van der Waals surface area contributed by atoms with Gasteiger partial charge in [0.1, 0.15) is 0 Å². The minimum absolute atomic E-state index is 0.0188. The van der Waals surface area contributed by atoms with Crippen molar-refractivity contribution < 1.29 is 14.4 Å². The molecule has 3 aliphatic rings. The summed E-state index contributed by atoms with van der Waals surface area (Å²) < 4.78 is 0. The Morgan fingerprint density at radius 1 is 0.933 bits per heavy atom. The Morgan fingerprint density at radius 3 is 2.30 bits per heavy atom. The summed E-state index contributed by atoms with van der Waals surface area (Å²) in [7, 11) is 0. The molecule has 3 amide bonds. The number of nitrogens with zero attached hydrogens (tertiary/aromatic N) is 3. The first-order valence-corrected chi connectivity index (χ1v) is 11.4. The molecule has 1 aromatic rings. The fourth-order valence-electron chi connectivity index (χ4n) is 5.36. The third kappa shape index (κ3) is 4.09. The molecule has 0 radical (unpaired) electrons. The van der Waals surface area contributed by atoms with Gasteiger partial charge in [0, 0.05) is 50.7 Å². The Bertz CT molecular complexity index is 788. The lowest BCUT2D eigenvalue weighted by Crippen LogP contribution is -2.52. The first-order valence-electron chi connectivity index (χ1n) is 11.4. The van der Waals surface area contributed by atoms with E-state index in [-0.39, 0.29) is 29.7 Å². The lowest BCUT2D eigenvalue weighted by Gasteiger charge is -2.40. The van der Waals surface area contributed by atoms with Gasteiger partial charge in [-0.05, 0) is 30.4 Å². The van der Waals surface area contributed by atoms with Crippen molar-refractivity contribution in [3.63, 3.8) is 0 Å². The molecule has 4 unspecified atom stereocenters. The second-order valence-corrected chi connectivity index (χ2v) is 9.27. The maximum Gasteiger partial charge on any atom is 0.253 e. The molecule has 3 fully saturated rings. The smallest absolute Gasteiger partial charge is 0.253 e. The number of hydrogen-bond acceptors (Lipinski definition) is 3. The van der Waals surface area contributed by atoms with E-state index in [4.69, 9.17) is 0 Å². The van der Waals surface area contributed by atoms with Crippen LogP contribution in [0.1, 0.15) is 49.9 Å². The number of rotatable bonds is 3. The maximum atomic E-state index is 13.1. The van der Waals surface area contributed by atoms with Crippen LogP contribution in [-0.2, 0) is 9.59 Å². The van der Waals surface area contributed by atoms with Crippen molar-refractivity contribution in [1.82, 2.24) is 14.7 Å². The molecule has 2 heterocycles. The van der Waals surface area contributed by atoms with Crippen molar-refractivity contribution in [2.75, 3.05) is 32.7 Å². The predicted molar refractivity (Wildman–Crippen MR) is 115 cm³/mol. The van der Waals surface area contributed by atoms with E-state index in [9.17, 15) is 14.4 Å². The molecule has 1 saturated carbocycles. The van der Waals surface area contributed by atoms with Crippen molar-refractivity contribution >= 4 is 17.7 Å². The number of piperazine rings is 1.